The molecule has 0 radical (unpaired) electrons. The van der Waals surface area contributed by atoms with E-state index >= 15 is 0 Å². The minimum absolute atomic E-state index is 0.0744. The number of amides is 2. The maximum absolute atomic E-state index is 12.0. The van der Waals surface area contributed by atoms with Crippen LogP contribution in [0.4, 0.5) is 0 Å². The lowest BCUT2D eigenvalue weighted by atomic mass is 10.0. The molecule has 3 aliphatic heterocycles. The molecule has 3 saturated heterocycles. The average molecular weight is 238 g/mol. The lowest BCUT2D eigenvalue weighted by Gasteiger charge is -2.41. The highest BCUT2D eigenvalue weighted by Gasteiger charge is 2.53. The number of nitrogens with zero attached hydrogens (tertiary/aromatic N) is 2. The van der Waals surface area contributed by atoms with Gasteiger partial charge in [-0.2, -0.15) is 0 Å². The molecule has 4 nitrogen and oxygen atoms in total. The van der Waals surface area contributed by atoms with E-state index in [1.165, 1.54) is 0 Å². The molecule has 2 atom stereocenters. The Morgan fingerprint density at radius 3 is 2.59 bits per heavy atom. The molecule has 96 valence electrons. The second kappa shape index (κ2) is 4.67. The monoisotopic (exact) mass is 238 g/mol. The molecule has 0 saturated carbocycles. The van der Waals surface area contributed by atoms with Crippen molar-refractivity contribution >= 4 is 11.8 Å². The zero-order chi connectivity index (χ0) is 12.6. The lowest BCUT2D eigenvalue weighted by molar-refractivity contribution is -0.146. The fourth-order valence-electron chi connectivity index (χ4n) is 2.81. The third-order valence-electron chi connectivity index (χ3n) is 3.62. The van der Waals surface area contributed by atoms with Gasteiger partial charge in [-0.15, -0.1) is 0 Å². The molecule has 0 N–H and O–H groups in total. The summed E-state index contributed by atoms with van der Waals surface area (Å²) in [6.07, 6.45) is 3.15. The Morgan fingerprint density at radius 1 is 1.29 bits per heavy atom. The average Bonchev–Trinajstić information content (AvgIpc) is 2.73. The summed E-state index contributed by atoms with van der Waals surface area (Å²) >= 11 is 0. The van der Waals surface area contributed by atoms with Crippen molar-refractivity contribution in [2.24, 2.45) is 5.92 Å². The van der Waals surface area contributed by atoms with E-state index in [4.69, 9.17) is 0 Å². The van der Waals surface area contributed by atoms with Crippen molar-refractivity contribution in [3.05, 3.63) is 0 Å². The van der Waals surface area contributed by atoms with E-state index < -0.39 is 0 Å². The largest absolute Gasteiger partial charge is 0.320 e. The van der Waals surface area contributed by atoms with E-state index in [0.29, 0.717) is 24.8 Å². The Balaban J connectivity index is 1.94. The Labute approximate surface area is 103 Å². The van der Waals surface area contributed by atoms with Crippen LogP contribution in [0.15, 0.2) is 0 Å². The van der Waals surface area contributed by atoms with Crippen LogP contribution in [0.5, 0.6) is 0 Å². The van der Waals surface area contributed by atoms with Gasteiger partial charge in [-0.25, -0.2) is 0 Å². The molecular weight excluding hydrogens is 216 g/mol. The molecule has 0 aromatic carbocycles. The Morgan fingerprint density at radius 2 is 2.00 bits per heavy atom. The molecule has 0 aromatic heterocycles. The highest BCUT2D eigenvalue weighted by Crippen LogP contribution is 2.38. The van der Waals surface area contributed by atoms with Gasteiger partial charge in [0, 0.05) is 25.8 Å². The molecule has 3 heterocycles. The summed E-state index contributed by atoms with van der Waals surface area (Å²) in [4.78, 5) is 27.7. The first-order valence-electron chi connectivity index (χ1n) is 6.65. The fraction of sp³-hybridized carbons (Fsp3) is 0.846. The Kier molecular flexibility index (Phi) is 3.40. The molecule has 0 aromatic rings. The summed E-state index contributed by atoms with van der Waals surface area (Å²) in [5, 5.41) is 0. The van der Waals surface area contributed by atoms with E-state index in [1.54, 1.807) is 0 Å². The molecule has 0 spiro atoms. The topological polar surface area (TPSA) is 40.6 Å². The van der Waals surface area contributed by atoms with Gasteiger partial charge < -0.3 is 9.80 Å². The van der Waals surface area contributed by atoms with Crippen molar-refractivity contribution < 1.29 is 9.59 Å². The van der Waals surface area contributed by atoms with Gasteiger partial charge in [0.1, 0.15) is 6.17 Å². The van der Waals surface area contributed by atoms with Gasteiger partial charge in [0.25, 0.3) is 0 Å². The predicted octanol–water partition coefficient (Wildman–Crippen LogP) is 1.60. The van der Waals surface area contributed by atoms with Crippen molar-refractivity contribution in [2.75, 3.05) is 6.54 Å². The highest BCUT2D eigenvalue weighted by atomic mass is 16.2. The third-order valence-corrected chi connectivity index (χ3v) is 3.62. The van der Waals surface area contributed by atoms with Crippen molar-refractivity contribution in [3.63, 3.8) is 0 Å². The maximum Gasteiger partial charge on any atom is 0.224 e. The number of carbonyl (C=O) groups is 2. The summed E-state index contributed by atoms with van der Waals surface area (Å²) in [6.45, 7) is 6.88. The third kappa shape index (κ3) is 2.17. The van der Waals surface area contributed by atoms with Gasteiger partial charge >= 0.3 is 0 Å². The molecule has 17 heavy (non-hydrogen) atoms. The Bertz CT molecular complexity index is 327. The zero-order valence-corrected chi connectivity index (χ0v) is 11.0. The van der Waals surface area contributed by atoms with E-state index in [9.17, 15) is 9.59 Å². The van der Waals surface area contributed by atoms with Gasteiger partial charge in [-0.1, -0.05) is 20.8 Å². The maximum atomic E-state index is 12.0. The molecule has 2 bridgehead atoms. The van der Waals surface area contributed by atoms with Gasteiger partial charge in [0.05, 0.1) is 6.04 Å². The van der Waals surface area contributed by atoms with Gasteiger partial charge in [0.2, 0.25) is 11.8 Å². The minimum atomic E-state index is 0.0744. The van der Waals surface area contributed by atoms with Crippen LogP contribution in [0.3, 0.4) is 0 Å². The van der Waals surface area contributed by atoms with Crippen LogP contribution in [0.1, 0.15) is 46.5 Å². The summed E-state index contributed by atoms with van der Waals surface area (Å²) in [5.41, 5.74) is 0. The zero-order valence-electron chi connectivity index (χ0n) is 11.0. The normalized spacial score (nSPS) is 26.4. The number of carbonyl (C=O) groups excluding carboxylic acids is 2. The van der Waals surface area contributed by atoms with Crippen LogP contribution in [0.25, 0.3) is 0 Å². The van der Waals surface area contributed by atoms with Crippen molar-refractivity contribution in [1.82, 2.24) is 9.80 Å². The van der Waals surface area contributed by atoms with Crippen molar-refractivity contribution in [2.45, 2.75) is 58.7 Å². The van der Waals surface area contributed by atoms with E-state index in [-0.39, 0.29) is 18.0 Å². The van der Waals surface area contributed by atoms with Crippen LogP contribution in [-0.2, 0) is 9.59 Å². The SMILES string of the molecule is CCCC(=O)N1CC2CC1N2C(=O)CC(C)C. The predicted molar refractivity (Wildman–Crippen MR) is 65.1 cm³/mol. The molecule has 0 aliphatic carbocycles. The molecule has 2 amide bonds. The molecule has 3 fully saturated rings. The highest BCUT2D eigenvalue weighted by molar-refractivity contribution is 5.82. The molecule has 3 aliphatic rings. The van der Waals surface area contributed by atoms with Crippen LogP contribution in [0.2, 0.25) is 0 Å². The van der Waals surface area contributed by atoms with Crippen LogP contribution in [0, 0.1) is 5.92 Å². The Hall–Kier alpha value is -1.06. The second-order valence-corrected chi connectivity index (χ2v) is 5.57. The van der Waals surface area contributed by atoms with Gasteiger partial charge in [-0.05, 0) is 12.3 Å². The van der Waals surface area contributed by atoms with Crippen molar-refractivity contribution in [1.29, 1.82) is 0 Å². The van der Waals surface area contributed by atoms with Crippen LogP contribution >= 0.6 is 0 Å². The van der Waals surface area contributed by atoms with Crippen LogP contribution < -0.4 is 0 Å². The smallest absolute Gasteiger partial charge is 0.224 e. The first-order valence-corrected chi connectivity index (χ1v) is 6.65. The molecule has 3 rings (SSSR count). The number of hydrogen-bond donors (Lipinski definition) is 0. The standard InChI is InChI=1S/C13H22N2O2/c1-4-5-12(16)14-8-10-7-11(14)15(10)13(17)6-9(2)3/h9-11H,4-8H2,1-3H3. The lowest BCUT2D eigenvalue weighted by Crippen LogP contribution is -2.55. The van der Waals surface area contributed by atoms with E-state index in [1.807, 2.05) is 16.7 Å². The summed E-state index contributed by atoms with van der Waals surface area (Å²) in [7, 11) is 0. The number of fused-ring (bicyclic) bond motifs is 1. The molecular formula is C13H22N2O2. The van der Waals surface area contributed by atoms with Crippen LogP contribution in [-0.4, -0.2) is 40.4 Å². The minimum Gasteiger partial charge on any atom is -0.320 e. The van der Waals surface area contributed by atoms with Gasteiger partial charge in [0.15, 0.2) is 0 Å². The fourth-order valence-corrected chi connectivity index (χ4v) is 2.81. The first kappa shape index (κ1) is 12.4. The van der Waals surface area contributed by atoms with Crippen molar-refractivity contribution in [3.8, 4) is 0 Å². The first-order chi connectivity index (χ1) is 8.04. The van der Waals surface area contributed by atoms with E-state index in [0.717, 1.165) is 19.4 Å². The molecule has 4 heteroatoms. The quantitative estimate of drug-likeness (QED) is 0.746. The molecule has 2 unspecified atom stereocenters. The van der Waals surface area contributed by atoms with Gasteiger partial charge in [-0.3, -0.25) is 9.59 Å². The van der Waals surface area contributed by atoms with E-state index in [2.05, 4.69) is 13.8 Å². The summed E-state index contributed by atoms with van der Waals surface area (Å²) in [6, 6.07) is 0.298. The number of hydrogen-bond acceptors (Lipinski definition) is 2. The summed E-state index contributed by atoms with van der Waals surface area (Å²) in [5.74, 6) is 0.815. The summed E-state index contributed by atoms with van der Waals surface area (Å²) < 4.78 is 0. The number of rotatable bonds is 4. The second-order valence-electron chi connectivity index (χ2n) is 5.57.